The van der Waals surface area contributed by atoms with Gasteiger partial charge in [-0.05, 0) is 44.0 Å². The maximum atomic E-state index is 13.4. The molecule has 1 aromatic carbocycles. The molecule has 1 aliphatic heterocycles. The standard InChI is InChI=1S/C26H29N5O2/c1-2-12-30-13-10-20(11-14-30)28-26(32)22-16-24(19-7-4-3-5-8-19)29-25-23(22)17-27-31(25)18-21-9-6-15-33-21/h3-9,15-17,20H,2,10-14,18H2,1H3,(H,28,32). The molecule has 1 saturated heterocycles. The van der Waals surface area contributed by atoms with Crippen LogP contribution in [0, 0.1) is 0 Å². The van der Waals surface area contributed by atoms with Gasteiger partial charge in [-0.2, -0.15) is 5.10 Å². The van der Waals surface area contributed by atoms with E-state index in [1.54, 1.807) is 17.1 Å². The van der Waals surface area contributed by atoms with Crippen LogP contribution in [0.3, 0.4) is 0 Å². The highest BCUT2D eigenvalue weighted by molar-refractivity contribution is 6.06. The van der Waals surface area contributed by atoms with Crippen molar-refractivity contribution in [3.05, 3.63) is 72.3 Å². The van der Waals surface area contributed by atoms with Crippen LogP contribution in [0.2, 0.25) is 0 Å². The maximum absolute atomic E-state index is 13.4. The van der Waals surface area contributed by atoms with Crippen molar-refractivity contribution < 1.29 is 9.21 Å². The molecular formula is C26H29N5O2. The lowest BCUT2D eigenvalue weighted by Crippen LogP contribution is -2.44. The van der Waals surface area contributed by atoms with Crippen molar-refractivity contribution in [2.24, 2.45) is 0 Å². The van der Waals surface area contributed by atoms with Gasteiger partial charge in [-0.3, -0.25) is 4.79 Å². The Morgan fingerprint density at radius 1 is 1.15 bits per heavy atom. The normalized spacial score (nSPS) is 15.2. The summed E-state index contributed by atoms with van der Waals surface area (Å²) in [5.74, 6) is 0.725. The summed E-state index contributed by atoms with van der Waals surface area (Å²) in [6, 6.07) is 15.8. The largest absolute Gasteiger partial charge is 0.467 e. The summed E-state index contributed by atoms with van der Waals surface area (Å²) in [6.45, 7) is 5.85. The number of nitrogens with one attached hydrogen (secondary N) is 1. The maximum Gasteiger partial charge on any atom is 0.252 e. The van der Waals surface area contributed by atoms with Gasteiger partial charge in [0.05, 0.1) is 29.1 Å². The molecule has 4 heterocycles. The Morgan fingerprint density at radius 2 is 1.97 bits per heavy atom. The number of nitrogens with zero attached hydrogens (tertiary/aromatic N) is 4. The van der Waals surface area contributed by atoms with Crippen LogP contribution in [0.1, 0.15) is 42.3 Å². The first kappa shape index (κ1) is 21.4. The molecule has 0 atom stereocenters. The van der Waals surface area contributed by atoms with E-state index in [0.717, 1.165) is 61.3 Å². The third-order valence-corrected chi connectivity index (χ3v) is 6.27. The highest BCUT2D eigenvalue weighted by Gasteiger charge is 2.23. The molecule has 5 rings (SSSR count). The molecule has 1 aliphatic rings. The van der Waals surface area contributed by atoms with E-state index in [9.17, 15) is 4.79 Å². The van der Waals surface area contributed by atoms with Gasteiger partial charge in [0.15, 0.2) is 5.65 Å². The van der Waals surface area contributed by atoms with Crippen molar-refractivity contribution in [1.29, 1.82) is 0 Å². The number of benzene rings is 1. The van der Waals surface area contributed by atoms with E-state index >= 15 is 0 Å². The van der Waals surface area contributed by atoms with Crippen molar-refractivity contribution >= 4 is 16.9 Å². The third-order valence-electron chi connectivity index (χ3n) is 6.27. The number of hydrogen-bond acceptors (Lipinski definition) is 5. The van der Waals surface area contributed by atoms with Gasteiger partial charge in [0, 0.05) is 24.7 Å². The number of likely N-dealkylation sites (tertiary alicyclic amines) is 1. The highest BCUT2D eigenvalue weighted by Crippen LogP contribution is 2.26. The van der Waals surface area contributed by atoms with E-state index in [1.165, 1.54) is 0 Å². The summed E-state index contributed by atoms with van der Waals surface area (Å²) < 4.78 is 7.30. The number of hydrogen-bond donors (Lipinski definition) is 1. The van der Waals surface area contributed by atoms with Gasteiger partial charge in [0.1, 0.15) is 12.3 Å². The third kappa shape index (κ3) is 4.68. The minimum atomic E-state index is -0.0638. The molecule has 1 N–H and O–H groups in total. The fourth-order valence-corrected chi connectivity index (χ4v) is 4.54. The summed E-state index contributed by atoms with van der Waals surface area (Å²) in [4.78, 5) is 20.8. The average molecular weight is 444 g/mol. The quantitative estimate of drug-likeness (QED) is 0.460. The van der Waals surface area contributed by atoms with Gasteiger partial charge in [-0.1, -0.05) is 37.3 Å². The van der Waals surface area contributed by atoms with E-state index in [1.807, 2.05) is 48.5 Å². The van der Waals surface area contributed by atoms with Crippen molar-refractivity contribution in [2.75, 3.05) is 19.6 Å². The number of rotatable bonds is 7. The fraction of sp³-hybridized carbons (Fsp3) is 0.346. The number of pyridine rings is 1. The minimum absolute atomic E-state index is 0.0638. The molecule has 0 radical (unpaired) electrons. The second-order valence-electron chi connectivity index (χ2n) is 8.63. The van der Waals surface area contributed by atoms with Crippen LogP contribution in [-0.4, -0.2) is 51.2 Å². The molecule has 0 aliphatic carbocycles. The fourth-order valence-electron chi connectivity index (χ4n) is 4.54. The van der Waals surface area contributed by atoms with Crippen LogP contribution in [0.25, 0.3) is 22.3 Å². The molecular weight excluding hydrogens is 414 g/mol. The zero-order valence-electron chi connectivity index (χ0n) is 18.9. The molecule has 7 heteroatoms. The Morgan fingerprint density at radius 3 is 2.70 bits per heavy atom. The van der Waals surface area contributed by atoms with Gasteiger partial charge in [-0.25, -0.2) is 9.67 Å². The lowest BCUT2D eigenvalue weighted by atomic mass is 10.0. The second-order valence-corrected chi connectivity index (χ2v) is 8.63. The van der Waals surface area contributed by atoms with Crippen LogP contribution < -0.4 is 5.32 Å². The van der Waals surface area contributed by atoms with Crippen LogP contribution >= 0.6 is 0 Å². The molecule has 33 heavy (non-hydrogen) atoms. The summed E-state index contributed by atoms with van der Waals surface area (Å²) in [6.07, 6.45) is 6.50. The molecule has 0 saturated carbocycles. The number of amides is 1. The smallest absolute Gasteiger partial charge is 0.252 e. The number of carbonyl (C=O) groups excluding carboxylic acids is 1. The number of furan rings is 1. The molecule has 7 nitrogen and oxygen atoms in total. The Labute approximate surface area is 193 Å². The van der Waals surface area contributed by atoms with Crippen molar-refractivity contribution in [3.63, 3.8) is 0 Å². The SMILES string of the molecule is CCCN1CCC(NC(=O)c2cc(-c3ccccc3)nc3c2cnn3Cc2ccco2)CC1. The topological polar surface area (TPSA) is 76.2 Å². The molecule has 0 bridgehead atoms. The van der Waals surface area contributed by atoms with Crippen LogP contribution in [-0.2, 0) is 6.54 Å². The minimum Gasteiger partial charge on any atom is -0.467 e. The Bertz CT molecular complexity index is 1210. The lowest BCUT2D eigenvalue weighted by molar-refractivity contribution is 0.0913. The Hall–Kier alpha value is -3.45. The van der Waals surface area contributed by atoms with Gasteiger partial charge >= 0.3 is 0 Å². The Balaban J connectivity index is 1.46. The molecule has 4 aromatic rings. The van der Waals surface area contributed by atoms with E-state index in [2.05, 4.69) is 22.2 Å². The predicted molar refractivity (Wildman–Crippen MR) is 128 cm³/mol. The molecule has 0 spiro atoms. The average Bonchev–Trinajstić information content (AvgIpc) is 3.51. The molecule has 3 aromatic heterocycles. The van der Waals surface area contributed by atoms with Crippen LogP contribution in [0.15, 0.2) is 65.4 Å². The lowest BCUT2D eigenvalue weighted by Gasteiger charge is -2.32. The Kier molecular flexibility index (Phi) is 6.21. The van der Waals surface area contributed by atoms with E-state index < -0.39 is 0 Å². The number of piperidine rings is 1. The van der Waals surface area contributed by atoms with E-state index in [-0.39, 0.29) is 11.9 Å². The molecule has 1 fully saturated rings. The van der Waals surface area contributed by atoms with Gasteiger partial charge in [-0.15, -0.1) is 0 Å². The van der Waals surface area contributed by atoms with Gasteiger partial charge in [0.2, 0.25) is 0 Å². The molecule has 1 amide bonds. The number of fused-ring (bicyclic) bond motifs is 1. The van der Waals surface area contributed by atoms with Crippen LogP contribution in [0.5, 0.6) is 0 Å². The van der Waals surface area contributed by atoms with E-state index in [0.29, 0.717) is 17.8 Å². The van der Waals surface area contributed by atoms with Crippen LogP contribution in [0.4, 0.5) is 0 Å². The summed E-state index contributed by atoms with van der Waals surface area (Å²) in [5, 5.41) is 8.56. The van der Waals surface area contributed by atoms with E-state index in [4.69, 9.17) is 9.40 Å². The number of aromatic nitrogens is 3. The summed E-state index contributed by atoms with van der Waals surface area (Å²) in [7, 11) is 0. The van der Waals surface area contributed by atoms with Crippen molar-refractivity contribution in [3.8, 4) is 11.3 Å². The second kappa shape index (κ2) is 9.58. The van der Waals surface area contributed by atoms with Gasteiger partial charge in [0.25, 0.3) is 5.91 Å². The molecule has 170 valence electrons. The predicted octanol–water partition coefficient (Wildman–Crippen LogP) is 4.34. The van der Waals surface area contributed by atoms with Gasteiger partial charge < -0.3 is 14.6 Å². The summed E-state index contributed by atoms with van der Waals surface area (Å²) >= 11 is 0. The zero-order chi connectivity index (χ0) is 22.6. The number of carbonyl (C=O) groups is 1. The zero-order valence-corrected chi connectivity index (χ0v) is 18.9. The first-order chi connectivity index (χ1) is 16.2. The first-order valence-corrected chi connectivity index (χ1v) is 11.7. The molecule has 0 unspecified atom stereocenters. The van der Waals surface area contributed by atoms with Crippen molar-refractivity contribution in [1.82, 2.24) is 25.0 Å². The highest BCUT2D eigenvalue weighted by atomic mass is 16.3. The first-order valence-electron chi connectivity index (χ1n) is 11.7. The summed E-state index contributed by atoms with van der Waals surface area (Å²) in [5.41, 5.74) is 3.01. The monoisotopic (exact) mass is 443 g/mol. The van der Waals surface area contributed by atoms with Crippen molar-refractivity contribution in [2.45, 2.75) is 38.8 Å².